The van der Waals surface area contributed by atoms with E-state index in [4.69, 9.17) is 4.74 Å². The molecule has 0 N–H and O–H groups in total. The predicted octanol–water partition coefficient (Wildman–Crippen LogP) is 4.46. The molecule has 0 saturated heterocycles. The zero-order chi connectivity index (χ0) is 13.5. The van der Waals surface area contributed by atoms with Gasteiger partial charge in [-0.2, -0.15) is 0 Å². The van der Waals surface area contributed by atoms with Crippen LogP contribution in [0.15, 0.2) is 25.3 Å². The van der Waals surface area contributed by atoms with E-state index in [0.717, 1.165) is 19.3 Å². The zero-order valence-electron chi connectivity index (χ0n) is 11.7. The van der Waals surface area contributed by atoms with Gasteiger partial charge >= 0.3 is 0 Å². The molecule has 0 unspecified atom stereocenters. The number of hydrogen-bond donors (Lipinski definition) is 0. The Morgan fingerprint density at radius 3 is 2.17 bits per heavy atom. The van der Waals surface area contributed by atoms with E-state index >= 15 is 0 Å². The molecule has 0 aliphatic heterocycles. The minimum Gasteiger partial charge on any atom is -0.374 e. The summed E-state index contributed by atoms with van der Waals surface area (Å²) in [5, 5.41) is 0. The van der Waals surface area contributed by atoms with Crippen molar-refractivity contribution in [3.63, 3.8) is 0 Å². The Balaban J connectivity index is 3.08. The Hall–Kier alpha value is -0.890. The van der Waals surface area contributed by atoms with Gasteiger partial charge in [-0.3, -0.25) is 4.79 Å². The summed E-state index contributed by atoms with van der Waals surface area (Å²) in [5.41, 5.74) is 0. The van der Waals surface area contributed by atoms with Gasteiger partial charge in [0.15, 0.2) is 5.78 Å². The highest BCUT2D eigenvalue weighted by molar-refractivity contribution is 5.79. The summed E-state index contributed by atoms with van der Waals surface area (Å²) in [6.07, 6.45) is 13.6. The lowest BCUT2D eigenvalue weighted by Crippen LogP contribution is -2.08. The Bertz CT molecular complexity index is 221. The molecule has 0 aromatic heterocycles. The lowest BCUT2D eigenvalue weighted by molar-refractivity contribution is -0.123. The van der Waals surface area contributed by atoms with Gasteiger partial charge in [0.05, 0.1) is 0 Å². The molecule has 0 aliphatic carbocycles. The Morgan fingerprint density at radius 2 is 1.50 bits per heavy atom. The molecule has 0 amide bonds. The summed E-state index contributed by atoms with van der Waals surface area (Å²) in [6, 6.07) is 0. The van der Waals surface area contributed by atoms with Crippen molar-refractivity contribution < 1.29 is 9.53 Å². The van der Waals surface area contributed by atoms with Crippen molar-refractivity contribution in [3.8, 4) is 0 Å². The van der Waals surface area contributed by atoms with Crippen LogP contribution in [-0.2, 0) is 9.53 Å². The molecular weight excluding hydrogens is 224 g/mol. The summed E-state index contributed by atoms with van der Waals surface area (Å²) < 4.78 is 5.34. The predicted molar refractivity (Wildman–Crippen MR) is 77.8 cm³/mol. The average Bonchev–Trinajstić information content (AvgIpc) is 2.38. The zero-order valence-corrected chi connectivity index (χ0v) is 11.7. The van der Waals surface area contributed by atoms with E-state index in [9.17, 15) is 4.79 Å². The third-order valence-electron chi connectivity index (χ3n) is 2.84. The monoisotopic (exact) mass is 252 g/mol. The molecule has 0 atom stereocenters. The third-order valence-corrected chi connectivity index (χ3v) is 2.84. The number of unbranched alkanes of at least 4 members (excludes halogenated alkanes) is 6. The molecule has 0 aliphatic rings. The van der Waals surface area contributed by atoms with Crippen LogP contribution >= 0.6 is 0 Å². The lowest BCUT2D eigenvalue weighted by Gasteiger charge is -2.03. The number of ether oxygens (including phenoxy) is 1. The molecule has 18 heavy (non-hydrogen) atoms. The van der Waals surface area contributed by atoms with Crippen molar-refractivity contribution in [2.45, 2.75) is 57.8 Å². The van der Waals surface area contributed by atoms with Crippen LogP contribution in [0.4, 0.5) is 0 Å². The first-order valence-electron chi connectivity index (χ1n) is 7.12. The van der Waals surface area contributed by atoms with Crippen molar-refractivity contribution in [1.82, 2.24) is 0 Å². The molecule has 0 saturated carbocycles. The number of ketones is 1. The van der Waals surface area contributed by atoms with E-state index in [1.54, 1.807) is 6.08 Å². The molecule has 0 radical (unpaired) electrons. The molecule has 2 nitrogen and oxygen atoms in total. The van der Waals surface area contributed by atoms with E-state index < -0.39 is 0 Å². The molecule has 0 aromatic carbocycles. The summed E-state index contributed by atoms with van der Waals surface area (Å²) in [6.45, 7) is 8.29. The van der Waals surface area contributed by atoms with Crippen LogP contribution in [0.25, 0.3) is 0 Å². The van der Waals surface area contributed by atoms with Gasteiger partial charge in [0.25, 0.3) is 0 Å². The van der Waals surface area contributed by atoms with Gasteiger partial charge in [0, 0.05) is 13.0 Å². The second-order valence-corrected chi connectivity index (χ2v) is 4.62. The van der Waals surface area contributed by atoms with Crippen molar-refractivity contribution in [2.75, 3.05) is 13.2 Å². The number of hydrogen-bond acceptors (Lipinski definition) is 2. The van der Waals surface area contributed by atoms with Crippen LogP contribution in [0, 0.1) is 0 Å². The van der Waals surface area contributed by atoms with Crippen molar-refractivity contribution >= 4 is 5.78 Å². The highest BCUT2D eigenvalue weighted by Crippen LogP contribution is 2.07. The number of carbonyl (C=O) groups is 1. The van der Waals surface area contributed by atoms with Crippen LogP contribution in [0.3, 0.4) is 0 Å². The highest BCUT2D eigenvalue weighted by atomic mass is 16.5. The van der Waals surface area contributed by atoms with Gasteiger partial charge in [-0.1, -0.05) is 37.8 Å². The third kappa shape index (κ3) is 13.2. The average molecular weight is 252 g/mol. The summed E-state index contributed by atoms with van der Waals surface area (Å²) in [5.74, 6) is 0.180. The lowest BCUT2D eigenvalue weighted by atomic mass is 10.1. The second kappa shape index (κ2) is 14.2. The molecular formula is C16H28O2. The Morgan fingerprint density at radius 1 is 0.889 bits per heavy atom. The largest absolute Gasteiger partial charge is 0.374 e. The van der Waals surface area contributed by atoms with E-state index in [0.29, 0.717) is 13.0 Å². The van der Waals surface area contributed by atoms with Crippen LogP contribution in [0.2, 0.25) is 0 Å². The maximum Gasteiger partial charge on any atom is 0.158 e. The molecule has 0 spiro atoms. The molecule has 0 heterocycles. The number of rotatable bonds is 14. The van der Waals surface area contributed by atoms with E-state index in [2.05, 4.69) is 13.2 Å². The van der Waals surface area contributed by atoms with Crippen molar-refractivity contribution in [2.24, 2.45) is 0 Å². The van der Waals surface area contributed by atoms with Crippen LogP contribution in [0.5, 0.6) is 0 Å². The summed E-state index contributed by atoms with van der Waals surface area (Å²) >= 11 is 0. The van der Waals surface area contributed by atoms with Crippen LogP contribution in [0.1, 0.15) is 57.8 Å². The fourth-order valence-corrected chi connectivity index (χ4v) is 1.72. The van der Waals surface area contributed by atoms with Crippen molar-refractivity contribution in [1.29, 1.82) is 0 Å². The number of Topliss-reactive ketones (excluding diaryl/α,β-unsaturated/α-hetero) is 1. The van der Waals surface area contributed by atoms with Gasteiger partial charge in [-0.25, -0.2) is 0 Å². The van der Waals surface area contributed by atoms with Gasteiger partial charge in [-0.05, 0) is 25.7 Å². The first-order valence-corrected chi connectivity index (χ1v) is 7.12. The molecule has 0 bridgehead atoms. The quantitative estimate of drug-likeness (QED) is 0.337. The molecule has 2 heteroatoms. The first kappa shape index (κ1) is 17.1. The summed E-state index contributed by atoms with van der Waals surface area (Å²) in [4.78, 5) is 11.3. The Labute approximate surface area is 112 Å². The van der Waals surface area contributed by atoms with E-state index in [-0.39, 0.29) is 12.4 Å². The van der Waals surface area contributed by atoms with Crippen LogP contribution < -0.4 is 0 Å². The van der Waals surface area contributed by atoms with Gasteiger partial charge in [-0.15, -0.1) is 13.2 Å². The van der Waals surface area contributed by atoms with Crippen molar-refractivity contribution in [3.05, 3.63) is 25.3 Å². The number of carbonyl (C=O) groups excluding carboxylic acids is 1. The normalized spacial score (nSPS) is 10.2. The molecule has 104 valence electrons. The topological polar surface area (TPSA) is 26.3 Å². The standard InChI is InChI=1S/C16H28O2/c1-3-5-7-8-9-10-11-12-14-18-15-16(17)13-6-4-2/h3-4H,1-2,5-15H2. The summed E-state index contributed by atoms with van der Waals surface area (Å²) in [7, 11) is 0. The minimum atomic E-state index is 0.180. The van der Waals surface area contributed by atoms with Crippen LogP contribution in [-0.4, -0.2) is 19.0 Å². The smallest absolute Gasteiger partial charge is 0.158 e. The fraction of sp³-hybridized carbons (Fsp3) is 0.688. The van der Waals surface area contributed by atoms with Gasteiger partial charge in [0.2, 0.25) is 0 Å². The van der Waals surface area contributed by atoms with Gasteiger partial charge in [0.1, 0.15) is 6.61 Å². The minimum absolute atomic E-state index is 0.180. The number of allylic oxidation sites excluding steroid dienone is 2. The maximum absolute atomic E-state index is 11.3. The molecule has 0 aromatic rings. The first-order chi connectivity index (χ1) is 8.81. The Kier molecular flexibility index (Phi) is 13.5. The molecule has 0 rings (SSSR count). The fourth-order valence-electron chi connectivity index (χ4n) is 1.72. The molecule has 0 fully saturated rings. The van der Waals surface area contributed by atoms with E-state index in [1.165, 1.54) is 32.1 Å². The van der Waals surface area contributed by atoms with Gasteiger partial charge < -0.3 is 4.74 Å². The second-order valence-electron chi connectivity index (χ2n) is 4.62. The maximum atomic E-state index is 11.3. The highest BCUT2D eigenvalue weighted by Gasteiger charge is 1.99. The SMILES string of the molecule is C=CCCCCCCCCOCC(=O)CCC=C. The van der Waals surface area contributed by atoms with E-state index in [1.807, 2.05) is 6.08 Å².